The van der Waals surface area contributed by atoms with E-state index in [1.807, 2.05) is 0 Å². The Labute approximate surface area is 153 Å². The molecule has 26 heavy (non-hydrogen) atoms. The van der Waals surface area contributed by atoms with Crippen molar-refractivity contribution in [3.63, 3.8) is 0 Å². The molecule has 2 heteroatoms. The van der Waals surface area contributed by atoms with Gasteiger partial charge in [0.05, 0.1) is 11.2 Å². The van der Waals surface area contributed by atoms with Gasteiger partial charge < -0.3 is 10.3 Å². The summed E-state index contributed by atoms with van der Waals surface area (Å²) in [5.41, 5.74) is 9.73. The summed E-state index contributed by atoms with van der Waals surface area (Å²) < 4.78 is 0. The van der Waals surface area contributed by atoms with Gasteiger partial charge in [-0.3, -0.25) is 0 Å². The number of rotatable bonds is 1. The fourth-order valence-electron chi connectivity index (χ4n) is 4.32. The van der Waals surface area contributed by atoms with E-state index < -0.39 is 0 Å². The molecule has 0 spiro atoms. The predicted octanol–water partition coefficient (Wildman–Crippen LogP) is 6.14. The normalized spacial score (nSPS) is 18.3. The van der Waals surface area contributed by atoms with E-state index in [1.165, 1.54) is 50.1 Å². The van der Waals surface area contributed by atoms with Gasteiger partial charge in [-0.2, -0.15) is 0 Å². The number of fused-ring (bicyclic) bond motifs is 5. The van der Waals surface area contributed by atoms with E-state index in [-0.39, 0.29) is 5.54 Å². The Morgan fingerprint density at radius 1 is 0.808 bits per heavy atom. The predicted molar refractivity (Wildman–Crippen MR) is 110 cm³/mol. The molecule has 0 fully saturated rings. The Kier molecular flexibility index (Phi) is 3.08. The largest absolute Gasteiger partial charge is 0.371 e. The molecule has 1 aromatic heterocycles. The molecule has 1 unspecified atom stereocenters. The summed E-state index contributed by atoms with van der Waals surface area (Å²) in [4.78, 5) is 3.71. The number of H-pyrrole nitrogens is 1. The number of benzene rings is 3. The van der Waals surface area contributed by atoms with Crippen LogP contribution in [0.15, 0.2) is 66.7 Å². The third-order valence-corrected chi connectivity index (χ3v) is 5.63. The van der Waals surface area contributed by atoms with Gasteiger partial charge in [0.1, 0.15) is 0 Å². The highest BCUT2D eigenvalue weighted by Crippen LogP contribution is 2.49. The van der Waals surface area contributed by atoms with Gasteiger partial charge in [0.15, 0.2) is 0 Å². The van der Waals surface area contributed by atoms with E-state index in [0.717, 1.165) is 0 Å². The summed E-state index contributed by atoms with van der Waals surface area (Å²) in [5, 5.41) is 5.15. The summed E-state index contributed by atoms with van der Waals surface area (Å²) in [7, 11) is 0. The maximum absolute atomic E-state index is 3.85. The first kappa shape index (κ1) is 15.3. The third kappa shape index (κ3) is 2.05. The number of nitrogens with one attached hydrogen (secondary N) is 2. The van der Waals surface area contributed by atoms with Crippen LogP contribution in [0.4, 0.5) is 5.69 Å². The second kappa shape index (κ2) is 5.25. The lowest BCUT2D eigenvalue weighted by atomic mass is 9.78. The number of aromatic nitrogens is 1. The monoisotopic (exact) mass is 338 g/mol. The minimum atomic E-state index is -0.287. The zero-order chi connectivity index (χ0) is 17.9. The van der Waals surface area contributed by atoms with Crippen molar-refractivity contribution in [2.45, 2.75) is 26.3 Å². The molecule has 1 aliphatic heterocycles. The van der Waals surface area contributed by atoms with E-state index >= 15 is 0 Å². The maximum atomic E-state index is 3.85. The first-order chi connectivity index (χ1) is 12.6. The number of hydrogen-bond acceptors (Lipinski definition) is 1. The lowest BCUT2D eigenvalue weighted by molar-refractivity contribution is 0.662. The van der Waals surface area contributed by atoms with E-state index in [1.54, 1.807) is 0 Å². The SMILES string of the molecule is Cc1ccc2c(c1)-c1[nH]c3ccc(C)cc3c1C(C)(c1ccccc1)N2. The molecule has 5 rings (SSSR count). The van der Waals surface area contributed by atoms with Crippen molar-refractivity contribution >= 4 is 16.6 Å². The molecular formula is C24H22N2. The quantitative estimate of drug-likeness (QED) is 0.428. The molecule has 0 aliphatic carbocycles. The van der Waals surface area contributed by atoms with Crippen molar-refractivity contribution in [1.29, 1.82) is 0 Å². The van der Waals surface area contributed by atoms with Gasteiger partial charge in [-0.15, -0.1) is 0 Å². The summed E-state index contributed by atoms with van der Waals surface area (Å²) in [5.74, 6) is 0. The first-order valence-corrected chi connectivity index (χ1v) is 9.14. The second-order valence-electron chi connectivity index (χ2n) is 7.59. The van der Waals surface area contributed by atoms with Crippen LogP contribution < -0.4 is 5.32 Å². The van der Waals surface area contributed by atoms with Crippen molar-refractivity contribution in [2.75, 3.05) is 5.32 Å². The van der Waals surface area contributed by atoms with Crippen molar-refractivity contribution in [1.82, 2.24) is 4.98 Å². The third-order valence-electron chi connectivity index (χ3n) is 5.63. The minimum absolute atomic E-state index is 0.287. The highest BCUT2D eigenvalue weighted by Gasteiger charge is 2.38. The summed E-state index contributed by atoms with van der Waals surface area (Å²) in [6.45, 7) is 6.60. The highest BCUT2D eigenvalue weighted by atomic mass is 15.0. The summed E-state index contributed by atoms with van der Waals surface area (Å²) in [6, 6.07) is 24.1. The lowest BCUT2D eigenvalue weighted by Crippen LogP contribution is -2.36. The number of aryl methyl sites for hydroxylation is 2. The molecule has 1 atom stereocenters. The van der Waals surface area contributed by atoms with Gasteiger partial charge in [0.25, 0.3) is 0 Å². The summed E-state index contributed by atoms with van der Waals surface area (Å²) >= 11 is 0. The smallest absolute Gasteiger partial charge is 0.0877 e. The number of hydrogen-bond donors (Lipinski definition) is 2. The molecule has 1 aliphatic rings. The highest BCUT2D eigenvalue weighted by molar-refractivity contribution is 5.98. The van der Waals surface area contributed by atoms with Crippen LogP contribution >= 0.6 is 0 Å². The molecule has 4 aromatic rings. The molecule has 0 radical (unpaired) electrons. The molecule has 2 N–H and O–H groups in total. The number of aromatic amines is 1. The Hall–Kier alpha value is -3.00. The lowest BCUT2D eigenvalue weighted by Gasteiger charge is -2.38. The van der Waals surface area contributed by atoms with E-state index in [2.05, 4.69) is 97.8 Å². The van der Waals surface area contributed by atoms with E-state index in [9.17, 15) is 0 Å². The molecule has 3 aromatic carbocycles. The van der Waals surface area contributed by atoms with Gasteiger partial charge in [-0.1, -0.05) is 53.6 Å². The van der Waals surface area contributed by atoms with Gasteiger partial charge in [-0.25, -0.2) is 0 Å². The molecule has 0 saturated carbocycles. The van der Waals surface area contributed by atoms with Gasteiger partial charge in [0, 0.05) is 27.7 Å². The van der Waals surface area contributed by atoms with Crippen LogP contribution in [0, 0.1) is 13.8 Å². The molecule has 0 saturated heterocycles. The minimum Gasteiger partial charge on any atom is -0.371 e. The van der Waals surface area contributed by atoms with Gasteiger partial charge in [0.2, 0.25) is 0 Å². The van der Waals surface area contributed by atoms with Crippen LogP contribution in [0.1, 0.15) is 29.2 Å². The zero-order valence-electron chi connectivity index (χ0n) is 15.4. The van der Waals surface area contributed by atoms with Crippen LogP contribution in [0.2, 0.25) is 0 Å². The van der Waals surface area contributed by atoms with Crippen molar-refractivity contribution in [3.05, 3.63) is 89.0 Å². The van der Waals surface area contributed by atoms with Crippen molar-refractivity contribution in [2.24, 2.45) is 0 Å². The average Bonchev–Trinajstić information content (AvgIpc) is 3.03. The summed E-state index contributed by atoms with van der Waals surface area (Å²) in [6.07, 6.45) is 0. The molecule has 2 nitrogen and oxygen atoms in total. The second-order valence-corrected chi connectivity index (χ2v) is 7.59. The standard InChI is InChI=1S/C24H22N2/c1-15-9-11-20-18(13-15)22-23(25-20)19-14-16(2)10-12-21(19)26-24(22,3)17-7-5-4-6-8-17/h4-14,25-26H,1-3H3. The van der Waals surface area contributed by atoms with Gasteiger partial charge >= 0.3 is 0 Å². The molecular weight excluding hydrogens is 316 g/mol. The molecule has 0 amide bonds. The Morgan fingerprint density at radius 2 is 1.54 bits per heavy atom. The Morgan fingerprint density at radius 3 is 2.35 bits per heavy atom. The van der Waals surface area contributed by atoms with Crippen molar-refractivity contribution < 1.29 is 0 Å². The Bertz CT molecular complexity index is 1140. The average molecular weight is 338 g/mol. The molecule has 128 valence electrons. The van der Waals surface area contributed by atoms with Crippen LogP contribution in [0.3, 0.4) is 0 Å². The molecule has 2 heterocycles. The number of anilines is 1. The van der Waals surface area contributed by atoms with Gasteiger partial charge in [-0.05, 0) is 50.6 Å². The zero-order valence-corrected chi connectivity index (χ0v) is 15.4. The Balaban J connectivity index is 1.91. The topological polar surface area (TPSA) is 27.8 Å². The van der Waals surface area contributed by atoms with E-state index in [0.29, 0.717) is 0 Å². The van der Waals surface area contributed by atoms with Crippen LogP contribution in [0.5, 0.6) is 0 Å². The van der Waals surface area contributed by atoms with E-state index in [4.69, 9.17) is 0 Å². The maximum Gasteiger partial charge on any atom is 0.0877 e. The first-order valence-electron chi connectivity index (χ1n) is 9.14. The molecule has 0 bridgehead atoms. The van der Waals surface area contributed by atoms with Crippen LogP contribution in [0.25, 0.3) is 22.2 Å². The van der Waals surface area contributed by atoms with Crippen LogP contribution in [-0.4, -0.2) is 4.98 Å². The fourth-order valence-corrected chi connectivity index (χ4v) is 4.32. The van der Waals surface area contributed by atoms with Crippen molar-refractivity contribution in [3.8, 4) is 11.3 Å². The van der Waals surface area contributed by atoms with Crippen LogP contribution in [-0.2, 0) is 5.54 Å². The fraction of sp³-hybridized carbons (Fsp3) is 0.167.